The maximum absolute atomic E-state index is 10.7. The molecule has 0 saturated carbocycles. The summed E-state index contributed by atoms with van der Waals surface area (Å²) in [6.45, 7) is 8.94. The van der Waals surface area contributed by atoms with E-state index in [9.17, 15) is 9.59 Å². The van der Waals surface area contributed by atoms with Gasteiger partial charge < -0.3 is 14.2 Å². The van der Waals surface area contributed by atoms with E-state index in [4.69, 9.17) is 9.47 Å². The maximum Gasteiger partial charge on any atom is 0.332 e. The molecule has 0 radical (unpaired) electrons. The second-order valence-corrected chi connectivity index (χ2v) is 3.71. The van der Waals surface area contributed by atoms with E-state index in [1.807, 2.05) is 0 Å². The summed E-state index contributed by atoms with van der Waals surface area (Å²) in [5.41, 5.74) is 0.433. The van der Waals surface area contributed by atoms with Crippen molar-refractivity contribution in [1.82, 2.24) is 0 Å². The summed E-state index contributed by atoms with van der Waals surface area (Å²) in [5.74, 6) is -0.753. The lowest BCUT2D eigenvalue weighted by Gasteiger charge is -2.21. The van der Waals surface area contributed by atoms with Gasteiger partial charge in [0.1, 0.15) is 0 Å². The van der Waals surface area contributed by atoms with Crippen LogP contribution < -0.4 is 0 Å². The number of carbonyl (C=O) groups is 2. The van der Waals surface area contributed by atoms with Crippen molar-refractivity contribution in [3.63, 3.8) is 0 Å². The van der Waals surface area contributed by atoms with Crippen molar-refractivity contribution < 1.29 is 23.8 Å². The monoisotopic (exact) mass is 256 g/mol. The van der Waals surface area contributed by atoms with Gasteiger partial charge in [0.25, 0.3) is 0 Å². The third-order valence-electron chi connectivity index (χ3n) is 2.09. The molecular formula is C13H20O5. The van der Waals surface area contributed by atoms with Gasteiger partial charge in [0.2, 0.25) is 6.29 Å². The van der Waals surface area contributed by atoms with Gasteiger partial charge >= 0.3 is 11.9 Å². The molecule has 1 saturated heterocycles. The van der Waals surface area contributed by atoms with Crippen LogP contribution in [0.2, 0.25) is 0 Å². The lowest BCUT2D eigenvalue weighted by atomic mass is 10.2. The van der Waals surface area contributed by atoms with Crippen molar-refractivity contribution >= 4 is 11.9 Å². The van der Waals surface area contributed by atoms with E-state index in [2.05, 4.69) is 17.9 Å². The van der Waals surface area contributed by atoms with E-state index in [1.54, 1.807) is 6.92 Å². The van der Waals surface area contributed by atoms with Crippen LogP contribution >= 0.6 is 0 Å². The zero-order chi connectivity index (χ0) is 14.0. The molecule has 0 spiro atoms. The Morgan fingerprint density at radius 1 is 1.39 bits per heavy atom. The molecule has 1 rings (SSSR count). The molecule has 1 fully saturated rings. The largest absolute Gasteiger partial charge is 0.466 e. The van der Waals surface area contributed by atoms with Crippen molar-refractivity contribution in [2.75, 3.05) is 13.7 Å². The maximum atomic E-state index is 10.7. The molecule has 0 aromatic heterocycles. The summed E-state index contributed by atoms with van der Waals surface area (Å²) >= 11 is 0. The van der Waals surface area contributed by atoms with Crippen LogP contribution in [0.15, 0.2) is 24.8 Å². The number of esters is 2. The van der Waals surface area contributed by atoms with Crippen LogP contribution in [0.3, 0.4) is 0 Å². The van der Waals surface area contributed by atoms with Gasteiger partial charge in [-0.15, -0.1) is 0 Å². The minimum absolute atomic E-state index is 0.339. The van der Waals surface area contributed by atoms with Gasteiger partial charge in [-0.1, -0.05) is 13.2 Å². The minimum atomic E-state index is -0.406. The van der Waals surface area contributed by atoms with Gasteiger partial charge in [0.05, 0.1) is 13.7 Å². The Morgan fingerprint density at radius 2 is 2.06 bits per heavy atom. The van der Waals surface area contributed by atoms with Crippen LogP contribution in [0.5, 0.6) is 0 Å². The SMILES string of the molecule is C=C(C)C(=O)OC.C=CC(=O)OC1CCCCO1. The molecule has 5 heteroatoms. The highest BCUT2D eigenvalue weighted by Gasteiger charge is 2.16. The van der Waals surface area contributed by atoms with Crippen LogP contribution in [0, 0.1) is 0 Å². The summed E-state index contributed by atoms with van der Waals surface area (Å²) < 4.78 is 14.3. The Bertz CT molecular complexity index is 303. The first-order valence-corrected chi connectivity index (χ1v) is 5.69. The second-order valence-electron chi connectivity index (χ2n) is 3.71. The standard InChI is InChI=1S/C8H12O3.C5H8O2/c1-2-7(9)11-8-5-3-4-6-10-8;1-4(2)5(6)7-3/h2,8H,1,3-6H2;1H2,2-3H3. The first-order valence-electron chi connectivity index (χ1n) is 5.69. The van der Waals surface area contributed by atoms with E-state index in [1.165, 1.54) is 7.11 Å². The molecule has 0 aromatic carbocycles. The van der Waals surface area contributed by atoms with Crippen molar-refractivity contribution in [3.8, 4) is 0 Å². The van der Waals surface area contributed by atoms with Crippen LogP contribution in [-0.2, 0) is 23.8 Å². The lowest BCUT2D eigenvalue weighted by molar-refractivity contribution is -0.181. The number of rotatable bonds is 3. The highest BCUT2D eigenvalue weighted by molar-refractivity contribution is 5.86. The quantitative estimate of drug-likeness (QED) is 0.570. The van der Waals surface area contributed by atoms with Crippen LogP contribution in [0.4, 0.5) is 0 Å². The Morgan fingerprint density at radius 3 is 2.39 bits per heavy atom. The smallest absolute Gasteiger partial charge is 0.332 e. The van der Waals surface area contributed by atoms with Crippen LogP contribution in [-0.4, -0.2) is 31.9 Å². The van der Waals surface area contributed by atoms with Crippen molar-refractivity contribution in [2.45, 2.75) is 32.5 Å². The molecule has 102 valence electrons. The number of methoxy groups -OCH3 is 1. The average molecular weight is 256 g/mol. The first-order chi connectivity index (χ1) is 8.51. The van der Waals surface area contributed by atoms with Gasteiger partial charge in [-0.3, -0.25) is 0 Å². The molecule has 1 unspecified atom stereocenters. The Hall–Kier alpha value is -1.62. The molecule has 0 amide bonds. The van der Waals surface area contributed by atoms with E-state index < -0.39 is 5.97 Å². The molecule has 1 aliphatic rings. The molecule has 18 heavy (non-hydrogen) atoms. The van der Waals surface area contributed by atoms with E-state index >= 15 is 0 Å². The van der Waals surface area contributed by atoms with Crippen molar-refractivity contribution in [3.05, 3.63) is 24.8 Å². The average Bonchev–Trinajstić information content (AvgIpc) is 2.39. The second kappa shape index (κ2) is 9.41. The third-order valence-corrected chi connectivity index (χ3v) is 2.09. The van der Waals surface area contributed by atoms with Gasteiger partial charge in [0.15, 0.2) is 0 Å². The zero-order valence-electron chi connectivity index (χ0n) is 10.9. The predicted octanol–water partition coefficient (Wildman–Crippen LogP) is 1.98. The first kappa shape index (κ1) is 16.4. The van der Waals surface area contributed by atoms with Gasteiger partial charge in [-0.05, 0) is 19.8 Å². The molecular weight excluding hydrogens is 236 g/mol. The molecule has 0 aliphatic carbocycles. The molecule has 1 heterocycles. The summed E-state index contributed by atoms with van der Waals surface area (Å²) in [7, 11) is 1.33. The fraction of sp³-hybridized carbons (Fsp3) is 0.538. The fourth-order valence-electron chi connectivity index (χ4n) is 1.16. The van der Waals surface area contributed by atoms with Crippen molar-refractivity contribution in [2.24, 2.45) is 0 Å². The molecule has 0 bridgehead atoms. The van der Waals surface area contributed by atoms with Gasteiger partial charge in [0, 0.05) is 18.1 Å². The number of hydrogen-bond donors (Lipinski definition) is 0. The van der Waals surface area contributed by atoms with Gasteiger partial charge in [-0.2, -0.15) is 0 Å². The third kappa shape index (κ3) is 7.62. The molecule has 0 aromatic rings. The lowest BCUT2D eigenvalue weighted by Crippen LogP contribution is -2.24. The van der Waals surface area contributed by atoms with E-state index in [0.29, 0.717) is 12.2 Å². The molecule has 1 aliphatic heterocycles. The summed E-state index contributed by atoms with van der Waals surface area (Å²) in [5, 5.41) is 0. The van der Waals surface area contributed by atoms with Crippen LogP contribution in [0.25, 0.3) is 0 Å². The summed E-state index contributed by atoms with van der Waals surface area (Å²) in [6.07, 6.45) is 3.74. The topological polar surface area (TPSA) is 61.8 Å². The number of carbonyl (C=O) groups excluding carboxylic acids is 2. The van der Waals surface area contributed by atoms with Crippen molar-refractivity contribution in [1.29, 1.82) is 0 Å². The normalized spacial score (nSPS) is 17.8. The number of ether oxygens (including phenoxy) is 3. The van der Waals surface area contributed by atoms with Gasteiger partial charge in [-0.25, -0.2) is 9.59 Å². The summed E-state index contributed by atoms with van der Waals surface area (Å²) in [6, 6.07) is 0. The summed E-state index contributed by atoms with van der Waals surface area (Å²) in [4.78, 5) is 20.8. The molecule has 0 N–H and O–H groups in total. The Balaban J connectivity index is 0.000000360. The zero-order valence-corrected chi connectivity index (χ0v) is 10.9. The molecule has 5 nitrogen and oxygen atoms in total. The molecule has 1 atom stereocenters. The minimum Gasteiger partial charge on any atom is -0.466 e. The number of hydrogen-bond acceptors (Lipinski definition) is 5. The fourth-order valence-corrected chi connectivity index (χ4v) is 1.16. The van der Waals surface area contributed by atoms with Crippen LogP contribution in [0.1, 0.15) is 26.2 Å². The highest BCUT2D eigenvalue weighted by Crippen LogP contribution is 2.13. The van der Waals surface area contributed by atoms with E-state index in [0.717, 1.165) is 25.3 Å². The van der Waals surface area contributed by atoms with E-state index in [-0.39, 0.29) is 12.3 Å². The predicted molar refractivity (Wildman–Crippen MR) is 66.7 cm³/mol. The Labute approximate surface area is 107 Å². The highest BCUT2D eigenvalue weighted by atomic mass is 16.7. The Kier molecular flexibility index (Phi) is 8.57.